The summed E-state index contributed by atoms with van der Waals surface area (Å²) >= 11 is 3.07. The van der Waals surface area contributed by atoms with E-state index < -0.39 is 23.9 Å². The maximum absolute atomic E-state index is 13.0. The minimum Gasteiger partial charge on any atom is -0.495 e. The molecule has 0 aromatic heterocycles. The fourth-order valence-corrected chi connectivity index (χ4v) is 2.27. The van der Waals surface area contributed by atoms with Gasteiger partial charge < -0.3 is 20.3 Å². The lowest BCUT2D eigenvalue weighted by molar-refractivity contribution is -0.262. The Bertz CT molecular complexity index is 467. The van der Waals surface area contributed by atoms with Crippen LogP contribution < -0.4 is 15.2 Å². The molecular formula is C11H13BrF3NO3. The third-order valence-corrected chi connectivity index (χ3v) is 3.45. The van der Waals surface area contributed by atoms with Gasteiger partial charge in [-0.25, -0.2) is 0 Å². The molecule has 3 N–H and O–H groups in total. The summed E-state index contributed by atoms with van der Waals surface area (Å²) in [6, 6.07) is 2.36. The van der Waals surface area contributed by atoms with Crippen molar-refractivity contribution >= 4 is 15.9 Å². The Morgan fingerprint density at radius 1 is 1.26 bits per heavy atom. The summed E-state index contributed by atoms with van der Waals surface area (Å²) < 4.78 is 49.0. The second kappa shape index (κ2) is 5.56. The molecular weight excluding hydrogens is 331 g/mol. The lowest BCUT2D eigenvalue weighted by Crippen LogP contribution is -2.48. The van der Waals surface area contributed by atoms with E-state index in [1.165, 1.54) is 20.3 Å². The Kier molecular flexibility index (Phi) is 4.70. The number of nitrogens with two attached hydrogens (primary N) is 1. The number of aliphatic hydroxyl groups is 1. The molecule has 0 saturated carbocycles. The lowest BCUT2D eigenvalue weighted by Gasteiger charge is -2.31. The van der Waals surface area contributed by atoms with Crippen LogP contribution in [0.15, 0.2) is 16.6 Å². The molecule has 4 nitrogen and oxygen atoms in total. The van der Waals surface area contributed by atoms with Crippen LogP contribution in [-0.4, -0.2) is 32.0 Å². The van der Waals surface area contributed by atoms with Crippen molar-refractivity contribution in [2.24, 2.45) is 5.73 Å². The molecule has 0 fully saturated rings. The summed E-state index contributed by atoms with van der Waals surface area (Å²) in [5.74, 6) is 0.103. The SMILES string of the molecule is COc1ccc(C(O)(CN)C(F)(F)F)c(OC)c1Br. The van der Waals surface area contributed by atoms with Gasteiger partial charge in [-0.3, -0.25) is 0 Å². The fraction of sp³-hybridized carbons (Fsp3) is 0.455. The van der Waals surface area contributed by atoms with Crippen molar-refractivity contribution in [2.45, 2.75) is 11.8 Å². The Morgan fingerprint density at radius 2 is 1.84 bits per heavy atom. The number of methoxy groups -OCH3 is 2. The van der Waals surface area contributed by atoms with Crippen LogP contribution in [0.25, 0.3) is 0 Å². The van der Waals surface area contributed by atoms with Crippen LogP contribution in [0.2, 0.25) is 0 Å². The molecule has 1 aromatic rings. The first-order valence-electron chi connectivity index (χ1n) is 5.13. The second-order valence-corrected chi connectivity index (χ2v) is 4.52. The topological polar surface area (TPSA) is 64.7 Å². The summed E-state index contributed by atoms with van der Waals surface area (Å²) in [7, 11) is 2.55. The van der Waals surface area contributed by atoms with Crippen LogP contribution in [0.4, 0.5) is 13.2 Å². The van der Waals surface area contributed by atoms with Crippen molar-refractivity contribution in [1.29, 1.82) is 0 Å². The van der Waals surface area contributed by atoms with E-state index in [0.717, 1.165) is 6.07 Å². The third kappa shape index (κ3) is 2.65. The maximum atomic E-state index is 13.0. The van der Waals surface area contributed by atoms with Gasteiger partial charge in [0.25, 0.3) is 0 Å². The van der Waals surface area contributed by atoms with E-state index in [0.29, 0.717) is 0 Å². The van der Waals surface area contributed by atoms with Crippen LogP contribution in [0, 0.1) is 0 Å². The first kappa shape index (κ1) is 16.1. The summed E-state index contributed by atoms with van der Waals surface area (Å²) in [5, 5.41) is 9.84. The van der Waals surface area contributed by atoms with Gasteiger partial charge in [0.05, 0.1) is 14.2 Å². The molecule has 0 aliphatic rings. The van der Waals surface area contributed by atoms with Gasteiger partial charge in [0, 0.05) is 12.1 Å². The highest BCUT2D eigenvalue weighted by atomic mass is 79.9. The van der Waals surface area contributed by atoms with Gasteiger partial charge in [0.15, 0.2) is 0 Å². The molecule has 0 amide bonds. The van der Waals surface area contributed by atoms with E-state index in [-0.39, 0.29) is 16.0 Å². The van der Waals surface area contributed by atoms with Crippen LogP contribution >= 0.6 is 15.9 Å². The van der Waals surface area contributed by atoms with Crippen molar-refractivity contribution in [2.75, 3.05) is 20.8 Å². The minimum absolute atomic E-state index is 0.172. The molecule has 0 saturated heterocycles. The standard InChI is InChI=1S/C11H13BrF3NO3/c1-18-7-4-3-6(9(19-2)8(7)12)10(17,5-16)11(13,14)15/h3-4,17H,5,16H2,1-2H3. The smallest absolute Gasteiger partial charge is 0.422 e. The average Bonchev–Trinajstić information content (AvgIpc) is 2.35. The van der Waals surface area contributed by atoms with Crippen molar-refractivity contribution < 1.29 is 27.8 Å². The van der Waals surface area contributed by atoms with Crippen molar-refractivity contribution in [3.63, 3.8) is 0 Å². The highest BCUT2D eigenvalue weighted by Crippen LogP contribution is 2.46. The number of benzene rings is 1. The van der Waals surface area contributed by atoms with Crippen LogP contribution in [0.3, 0.4) is 0 Å². The van der Waals surface area contributed by atoms with Crippen molar-refractivity contribution in [3.8, 4) is 11.5 Å². The summed E-state index contributed by atoms with van der Waals surface area (Å²) in [5.41, 5.74) is 1.44. The van der Waals surface area contributed by atoms with E-state index >= 15 is 0 Å². The normalized spacial score (nSPS) is 14.9. The molecule has 1 aromatic carbocycles. The van der Waals surface area contributed by atoms with Crippen LogP contribution in [0.1, 0.15) is 5.56 Å². The lowest BCUT2D eigenvalue weighted by atomic mass is 9.92. The number of hydrogen-bond acceptors (Lipinski definition) is 4. The van der Waals surface area contributed by atoms with E-state index in [1.54, 1.807) is 0 Å². The second-order valence-electron chi connectivity index (χ2n) is 3.72. The summed E-state index contributed by atoms with van der Waals surface area (Å²) in [6.07, 6.45) is -4.93. The zero-order valence-corrected chi connectivity index (χ0v) is 11.8. The molecule has 0 spiro atoms. The van der Waals surface area contributed by atoms with E-state index in [2.05, 4.69) is 15.9 Å². The zero-order valence-electron chi connectivity index (χ0n) is 10.2. The Balaban J connectivity index is 3.54. The largest absolute Gasteiger partial charge is 0.495 e. The van der Waals surface area contributed by atoms with Gasteiger partial charge in [-0.15, -0.1) is 0 Å². The minimum atomic E-state index is -4.93. The van der Waals surface area contributed by atoms with Crippen molar-refractivity contribution in [3.05, 3.63) is 22.2 Å². The monoisotopic (exact) mass is 343 g/mol. The predicted molar refractivity (Wildman–Crippen MR) is 66.3 cm³/mol. The Labute approximate surface area is 116 Å². The van der Waals surface area contributed by atoms with Gasteiger partial charge >= 0.3 is 6.18 Å². The van der Waals surface area contributed by atoms with E-state index in [1.807, 2.05) is 0 Å². The molecule has 19 heavy (non-hydrogen) atoms. The number of alkyl halides is 3. The Hall–Kier alpha value is -0.990. The predicted octanol–water partition coefficient (Wildman–Crippen LogP) is 2.17. The maximum Gasteiger partial charge on any atom is 0.422 e. The molecule has 1 rings (SSSR count). The van der Waals surface area contributed by atoms with Crippen LogP contribution in [-0.2, 0) is 5.60 Å². The number of halogens is 4. The van der Waals surface area contributed by atoms with Crippen LogP contribution in [0.5, 0.6) is 11.5 Å². The highest BCUT2D eigenvalue weighted by Gasteiger charge is 2.55. The molecule has 0 heterocycles. The summed E-state index contributed by atoms with van der Waals surface area (Å²) in [6.45, 7) is -1.02. The number of hydrogen-bond donors (Lipinski definition) is 2. The van der Waals surface area contributed by atoms with Gasteiger partial charge in [-0.2, -0.15) is 13.2 Å². The Morgan fingerprint density at radius 3 is 2.21 bits per heavy atom. The molecule has 108 valence electrons. The number of ether oxygens (including phenoxy) is 2. The number of rotatable bonds is 4. The zero-order chi connectivity index (χ0) is 14.8. The molecule has 1 atom stereocenters. The molecule has 8 heteroatoms. The van der Waals surface area contributed by atoms with Gasteiger partial charge in [0.2, 0.25) is 5.60 Å². The summed E-state index contributed by atoms with van der Waals surface area (Å²) in [4.78, 5) is 0. The van der Waals surface area contributed by atoms with E-state index in [4.69, 9.17) is 15.2 Å². The molecule has 0 bridgehead atoms. The first-order chi connectivity index (χ1) is 8.72. The highest BCUT2D eigenvalue weighted by molar-refractivity contribution is 9.10. The first-order valence-corrected chi connectivity index (χ1v) is 5.92. The average molecular weight is 344 g/mol. The molecule has 0 radical (unpaired) electrons. The third-order valence-electron chi connectivity index (χ3n) is 2.70. The molecule has 1 unspecified atom stereocenters. The van der Waals surface area contributed by atoms with Gasteiger partial charge in [0.1, 0.15) is 16.0 Å². The van der Waals surface area contributed by atoms with E-state index in [9.17, 15) is 18.3 Å². The quantitative estimate of drug-likeness (QED) is 0.879. The van der Waals surface area contributed by atoms with Gasteiger partial charge in [-0.1, -0.05) is 0 Å². The molecule has 0 aliphatic heterocycles. The fourth-order valence-electron chi connectivity index (χ4n) is 1.60. The van der Waals surface area contributed by atoms with Crippen molar-refractivity contribution in [1.82, 2.24) is 0 Å². The molecule has 0 aliphatic carbocycles. The van der Waals surface area contributed by atoms with Gasteiger partial charge in [-0.05, 0) is 28.1 Å².